The lowest BCUT2D eigenvalue weighted by atomic mass is 10.3. The monoisotopic (exact) mass is 244 g/mol. The van der Waals surface area contributed by atoms with Gasteiger partial charge in [-0.15, -0.1) is 0 Å². The van der Waals surface area contributed by atoms with Crippen molar-refractivity contribution < 1.29 is 0 Å². The fourth-order valence-corrected chi connectivity index (χ4v) is 2.01. The summed E-state index contributed by atoms with van der Waals surface area (Å²) in [6, 6.07) is 3.81. The van der Waals surface area contributed by atoms with Crippen LogP contribution in [0.2, 0.25) is 5.02 Å². The quantitative estimate of drug-likeness (QED) is 0.698. The lowest BCUT2D eigenvalue weighted by Gasteiger charge is -1.92. The Kier molecular flexibility index (Phi) is 1.85. The number of hydrogen-bond acceptors (Lipinski definition) is 1. The normalized spacial score (nSPS) is 10.9. The van der Waals surface area contributed by atoms with Crippen LogP contribution in [-0.2, 0) is 7.05 Å². The fraction of sp³-hybridized carbons (Fsp3) is 0.125. The van der Waals surface area contributed by atoms with Gasteiger partial charge in [-0.3, -0.25) is 4.68 Å². The molecule has 1 aromatic carbocycles. The maximum Gasteiger partial charge on any atom is 0.0949 e. The van der Waals surface area contributed by atoms with E-state index in [0.717, 1.165) is 20.4 Å². The number of nitrogens with zero attached hydrogens (tertiary/aromatic N) is 2. The molecule has 0 unspecified atom stereocenters. The van der Waals surface area contributed by atoms with Gasteiger partial charge in [0, 0.05) is 23.1 Å². The second-order valence-corrected chi connectivity index (χ2v) is 3.95. The highest BCUT2D eigenvalue weighted by Gasteiger charge is 2.03. The summed E-state index contributed by atoms with van der Waals surface area (Å²) < 4.78 is 2.71. The minimum absolute atomic E-state index is 0.729. The van der Waals surface area contributed by atoms with Crippen molar-refractivity contribution in [2.24, 2.45) is 7.05 Å². The predicted octanol–water partition coefficient (Wildman–Crippen LogP) is 2.99. The zero-order valence-electron chi connectivity index (χ0n) is 6.38. The molecule has 1 heterocycles. The van der Waals surface area contributed by atoms with Crippen LogP contribution in [0.4, 0.5) is 0 Å². The summed E-state index contributed by atoms with van der Waals surface area (Å²) in [5.41, 5.74) is 0.914. The summed E-state index contributed by atoms with van der Waals surface area (Å²) >= 11 is 9.35. The van der Waals surface area contributed by atoms with Gasteiger partial charge in [-0.05, 0) is 12.1 Å². The van der Waals surface area contributed by atoms with Crippen molar-refractivity contribution in [2.45, 2.75) is 0 Å². The molecule has 62 valence electrons. The highest BCUT2D eigenvalue weighted by Crippen LogP contribution is 2.26. The molecule has 0 radical (unpaired) electrons. The lowest BCUT2D eigenvalue weighted by Crippen LogP contribution is -1.84. The van der Waals surface area contributed by atoms with Crippen LogP contribution in [0.1, 0.15) is 0 Å². The standard InChI is InChI=1S/C8H6BrClN2/c1-12-4-6-7(10)2-5(9)3-8(6)11-12/h2-4H,1H3. The number of aryl methyl sites for hydroxylation is 1. The molecule has 2 rings (SSSR count). The Balaban J connectivity index is 2.88. The van der Waals surface area contributed by atoms with Crippen LogP contribution in [-0.4, -0.2) is 9.78 Å². The van der Waals surface area contributed by atoms with Gasteiger partial charge in [0.2, 0.25) is 0 Å². The summed E-state index contributed by atoms with van der Waals surface area (Å²) in [5.74, 6) is 0. The van der Waals surface area contributed by atoms with Gasteiger partial charge in [-0.2, -0.15) is 5.10 Å². The summed E-state index contributed by atoms with van der Waals surface area (Å²) in [6.07, 6.45) is 1.91. The average Bonchev–Trinajstić information content (AvgIpc) is 2.29. The van der Waals surface area contributed by atoms with Gasteiger partial charge in [0.15, 0.2) is 0 Å². The molecule has 0 saturated heterocycles. The first-order valence-corrected chi connectivity index (χ1v) is 4.62. The molecule has 0 aliphatic carbocycles. The summed E-state index contributed by atoms with van der Waals surface area (Å²) in [7, 11) is 1.88. The summed E-state index contributed by atoms with van der Waals surface area (Å²) in [4.78, 5) is 0. The molecule has 0 atom stereocenters. The van der Waals surface area contributed by atoms with E-state index in [9.17, 15) is 0 Å². The van der Waals surface area contributed by atoms with E-state index in [2.05, 4.69) is 21.0 Å². The van der Waals surface area contributed by atoms with Crippen molar-refractivity contribution in [1.82, 2.24) is 9.78 Å². The second kappa shape index (κ2) is 2.75. The van der Waals surface area contributed by atoms with Gasteiger partial charge >= 0.3 is 0 Å². The van der Waals surface area contributed by atoms with E-state index in [1.807, 2.05) is 25.4 Å². The van der Waals surface area contributed by atoms with Crippen LogP contribution in [0, 0.1) is 0 Å². The van der Waals surface area contributed by atoms with Crippen molar-refractivity contribution in [1.29, 1.82) is 0 Å². The summed E-state index contributed by atoms with van der Waals surface area (Å²) in [5, 5.41) is 5.95. The molecule has 0 amide bonds. The largest absolute Gasteiger partial charge is 0.275 e. The topological polar surface area (TPSA) is 17.8 Å². The molecule has 0 aliphatic rings. The Morgan fingerprint density at radius 1 is 1.50 bits per heavy atom. The SMILES string of the molecule is Cn1cc2c(Cl)cc(Br)cc2n1. The number of rotatable bonds is 0. The zero-order chi connectivity index (χ0) is 8.72. The molecule has 0 spiro atoms. The van der Waals surface area contributed by atoms with Crippen LogP contribution in [0.25, 0.3) is 10.9 Å². The van der Waals surface area contributed by atoms with Crippen LogP contribution >= 0.6 is 27.5 Å². The molecule has 0 aliphatic heterocycles. The van der Waals surface area contributed by atoms with Crippen LogP contribution in [0.3, 0.4) is 0 Å². The lowest BCUT2D eigenvalue weighted by molar-refractivity contribution is 0.779. The third-order valence-corrected chi connectivity index (χ3v) is 2.42. The van der Waals surface area contributed by atoms with E-state index >= 15 is 0 Å². The average molecular weight is 246 g/mol. The molecule has 2 aromatic rings. The minimum atomic E-state index is 0.729. The van der Waals surface area contributed by atoms with Crippen LogP contribution < -0.4 is 0 Å². The van der Waals surface area contributed by atoms with Gasteiger partial charge in [-0.1, -0.05) is 27.5 Å². The van der Waals surface area contributed by atoms with Crippen LogP contribution in [0.15, 0.2) is 22.8 Å². The highest BCUT2D eigenvalue weighted by molar-refractivity contribution is 9.10. The molecular formula is C8H6BrClN2. The predicted molar refractivity (Wildman–Crippen MR) is 53.4 cm³/mol. The molecule has 1 aromatic heterocycles. The van der Waals surface area contributed by atoms with Gasteiger partial charge in [0.05, 0.1) is 10.5 Å². The van der Waals surface area contributed by atoms with Gasteiger partial charge in [-0.25, -0.2) is 0 Å². The number of fused-ring (bicyclic) bond motifs is 1. The van der Waals surface area contributed by atoms with Gasteiger partial charge in [0.1, 0.15) is 0 Å². The van der Waals surface area contributed by atoms with Crippen molar-refractivity contribution >= 4 is 38.4 Å². The van der Waals surface area contributed by atoms with Gasteiger partial charge < -0.3 is 0 Å². The second-order valence-electron chi connectivity index (χ2n) is 2.62. The number of halogens is 2. The number of benzene rings is 1. The van der Waals surface area contributed by atoms with E-state index < -0.39 is 0 Å². The molecule has 0 fully saturated rings. The molecule has 4 heteroatoms. The molecule has 0 bridgehead atoms. The Hall–Kier alpha value is -0.540. The van der Waals surface area contributed by atoms with E-state index in [4.69, 9.17) is 11.6 Å². The van der Waals surface area contributed by atoms with E-state index in [1.165, 1.54) is 0 Å². The van der Waals surface area contributed by atoms with Crippen LogP contribution in [0.5, 0.6) is 0 Å². The first-order chi connectivity index (χ1) is 5.66. The molecule has 12 heavy (non-hydrogen) atoms. The smallest absolute Gasteiger partial charge is 0.0949 e. The fourth-order valence-electron chi connectivity index (χ4n) is 1.17. The molecular weight excluding hydrogens is 239 g/mol. The van der Waals surface area contributed by atoms with Gasteiger partial charge in [0.25, 0.3) is 0 Å². The summed E-state index contributed by atoms with van der Waals surface area (Å²) in [6.45, 7) is 0. The highest BCUT2D eigenvalue weighted by atomic mass is 79.9. The molecule has 0 saturated carbocycles. The van der Waals surface area contributed by atoms with Crippen molar-refractivity contribution in [3.05, 3.63) is 27.8 Å². The molecule has 0 N–H and O–H groups in total. The maximum absolute atomic E-state index is 5.99. The van der Waals surface area contributed by atoms with E-state index in [0.29, 0.717) is 0 Å². The van der Waals surface area contributed by atoms with E-state index in [1.54, 1.807) is 4.68 Å². The van der Waals surface area contributed by atoms with Crippen molar-refractivity contribution in [3.63, 3.8) is 0 Å². The zero-order valence-corrected chi connectivity index (χ0v) is 8.72. The Bertz CT molecular complexity index is 436. The Labute approximate surface area is 83.3 Å². The minimum Gasteiger partial charge on any atom is -0.275 e. The third-order valence-electron chi connectivity index (χ3n) is 1.65. The van der Waals surface area contributed by atoms with Crippen molar-refractivity contribution in [2.75, 3.05) is 0 Å². The maximum atomic E-state index is 5.99. The Morgan fingerprint density at radius 3 is 3.00 bits per heavy atom. The number of aromatic nitrogens is 2. The third kappa shape index (κ3) is 1.23. The Morgan fingerprint density at radius 2 is 2.25 bits per heavy atom. The van der Waals surface area contributed by atoms with E-state index in [-0.39, 0.29) is 0 Å². The number of hydrogen-bond donors (Lipinski definition) is 0. The first kappa shape index (κ1) is 8.08. The first-order valence-electron chi connectivity index (χ1n) is 3.45. The van der Waals surface area contributed by atoms with Crippen molar-refractivity contribution in [3.8, 4) is 0 Å². The molecule has 2 nitrogen and oxygen atoms in total.